The fourth-order valence-electron chi connectivity index (χ4n) is 4.95. The van der Waals surface area contributed by atoms with E-state index in [-0.39, 0.29) is 44.4 Å². The zero-order chi connectivity index (χ0) is 38.0. The molecule has 0 spiro atoms. The highest BCUT2D eigenvalue weighted by Gasteiger charge is 2.33. The minimum absolute atomic E-state index is 0.0498. The van der Waals surface area contributed by atoms with E-state index in [2.05, 4.69) is 21.3 Å². The number of carboxylic acid groups (broad SMARTS) is 3. The predicted octanol–water partition coefficient (Wildman–Crippen LogP) is 0.106. The third-order valence-corrected chi connectivity index (χ3v) is 8.55. The topological polar surface area (TPSA) is 275 Å². The fraction of sp³-hybridized carbons (Fsp3) is 0.606. The van der Waals surface area contributed by atoms with Crippen LogP contribution in [-0.2, 0) is 40.0 Å². The number of nitrogens with two attached hydrogens (primary N) is 1. The highest BCUT2D eigenvalue weighted by atomic mass is 32.2. The number of amides is 4. The molecule has 0 aliphatic carbocycles. The fourth-order valence-corrected chi connectivity index (χ4v) is 5.43. The molecule has 1 aromatic rings. The van der Waals surface area contributed by atoms with Crippen molar-refractivity contribution in [2.24, 2.45) is 17.6 Å². The van der Waals surface area contributed by atoms with Gasteiger partial charge in [-0.2, -0.15) is 11.8 Å². The molecule has 0 fully saturated rings. The lowest BCUT2D eigenvalue weighted by atomic mass is 9.91. The standard InChI is InChI=1S/C33H51N5O11S/c1-18(2)28(38-32(47)23(14-15-50-4)36-30(45)21(34)10-12-26(40)41)25(39)16-19(3)29(44)35-22(11-13-27(42)43)31(46)37-24(33(48)49)17-20-8-6-5-7-9-20/h5-9,18-19,21-25,28,39H,10-17,34H2,1-4H3,(H,35,44)(H,36,45)(H,37,46)(H,38,47)(H,40,41)(H,42,43)(H,48,49)/t19-,21+,22+,23+,24+,25+,28+/m1/s1. The van der Waals surface area contributed by atoms with Crippen LogP contribution < -0.4 is 27.0 Å². The Morgan fingerprint density at radius 1 is 0.720 bits per heavy atom. The second-order valence-corrected chi connectivity index (χ2v) is 13.4. The first-order valence-electron chi connectivity index (χ1n) is 16.3. The second-order valence-electron chi connectivity index (χ2n) is 12.4. The number of aliphatic hydroxyl groups excluding tert-OH is 1. The van der Waals surface area contributed by atoms with Crippen molar-refractivity contribution in [2.45, 2.75) is 102 Å². The molecule has 0 unspecified atom stereocenters. The Balaban J connectivity index is 3.00. The summed E-state index contributed by atoms with van der Waals surface area (Å²) < 4.78 is 0. The van der Waals surface area contributed by atoms with E-state index in [1.807, 2.05) is 6.26 Å². The Labute approximate surface area is 295 Å². The van der Waals surface area contributed by atoms with E-state index in [9.17, 15) is 48.9 Å². The normalized spacial score (nSPS) is 15.3. The predicted molar refractivity (Wildman–Crippen MR) is 185 cm³/mol. The van der Waals surface area contributed by atoms with Crippen LogP contribution in [0.4, 0.5) is 0 Å². The lowest BCUT2D eigenvalue weighted by Crippen LogP contribution is -2.56. The molecule has 16 nitrogen and oxygen atoms in total. The molecule has 17 heteroatoms. The Hall–Kier alpha value is -4.22. The number of aliphatic carboxylic acids is 3. The van der Waals surface area contributed by atoms with Crippen LogP contribution >= 0.6 is 11.8 Å². The van der Waals surface area contributed by atoms with Gasteiger partial charge in [0.05, 0.1) is 18.2 Å². The number of hydrogen-bond acceptors (Lipinski definition) is 10. The number of carbonyl (C=O) groups is 7. The quantitative estimate of drug-likeness (QED) is 0.0685. The summed E-state index contributed by atoms with van der Waals surface area (Å²) in [5, 5.41) is 49.1. The zero-order valence-electron chi connectivity index (χ0n) is 28.8. The van der Waals surface area contributed by atoms with E-state index < -0.39 is 90.2 Å². The first-order valence-corrected chi connectivity index (χ1v) is 17.7. The molecule has 7 atom stereocenters. The molecule has 0 aromatic heterocycles. The van der Waals surface area contributed by atoms with Crippen LogP contribution in [0.25, 0.3) is 0 Å². The SMILES string of the molecule is CSCC[C@H](NC(=O)[C@@H](N)CCC(=O)O)C(=O)N[C@@H](C(C)C)[C@@H](O)C[C@@H](C)C(=O)N[C@@H](CCC(=O)O)C(=O)N[C@@H](Cc1ccccc1)C(=O)O. The molecular weight excluding hydrogens is 674 g/mol. The minimum atomic E-state index is -1.39. The first kappa shape index (κ1) is 43.8. The summed E-state index contributed by atoms with van der Waals surface area (Å²) in [7, 11) is 0. The highest BCUT2D eigenvalue weighted by Crippen LogP contribution is 2.17. The van der Waals surface area contributed by atoms with Crippen molar-refractivity contribution in [1.29, 1.82) is 0 Å². The van der Waals surface area contributed by atoms with E-state index in [1.165, 1.54) is 18.7 Å². The van der Waals surface area contributed by atoms with Gasteiger partial charge in [-0.3, -0.25) is 28.8 Å². The van der Waals surface area contributed by atoms with Crippen molar-refractivity contribution in [1.82, 2.24) is 21.3 Å². The summed E-state index contributed by atoms with van der Waals surface area (Å²) in [5.41, 5.74) is 6.44. The third kappa shape index (κ3) is 16.5. The van der Waals surface area contributed by atoms with Crippen LogP contribution in [0, 0.1) is 11.8 Å². The average molecular weight is 726 g/mol. The van der Waals surface area contributed by atoms with Crippen LogP contribution in [-0.4, -0.2) is 110 Å². The lowest BCUT2D eigenvalue weighted by molar-refractivity contribution is -0.143. The molecule has 50 heavy (non-hydrogen) atoms. The maximum atomic E-state index is 13.3. The van der Waals surface area contributed by atoms with Gasteiger partial charge in [-0.15, -0.1) is 0 Å². The van der Waals surface area contributed by atoms with Gasteiger partial charge >= 0.3 is 17.9 Å². The van der Waals surface area contributed by atoms with Gasteiger partial charge < -0.3 is 47.4 Å². The van der Waals surface area contributed by atoms with Gasteiger partial charge in [0.1, 0.15) is 18.1 Å². The summed E-state index contributed by atoms with van der Waals surface area (Å²) in [6.07, 6.45) is -0.751. The molecule has 0 aliphatic heterocycles. The smallest absolute Gasteiger partial charge is 0.326 e. The number of thioether (sulfide) groups is 1. The molecule has 10 N–H and O–H groups in total. The van der Waals surface area contributed by atoms with Crippen molar-refractivity contribution in [3.05, 3.63) is 35.9 Å². The van der Waals surface area contributed by atoms with E-state index >= 15 is 0 Å². The van der Waals surface area contributed by atoms with Crippen molar-refractivity contribution in [3.63, 3.8) is 0 Å². The summed E-state index contributed by atoms with van der Waals surface area (Å²) in [6, 6.07) is 2.73. The minimum Gasteiger partial charge on any atom is -0.481 e. The highest BCUT2D eigenvalue weighted by molar-refractivity contribution is 7.98. The Morgan fingerprint density at radius 2 is 1.24 bits per heavy atom. The lowest BCUT2D eigenvalue weighted by Gasteiger charge is -2.31. The number of nitrogens with one attached hydrogen (secondary N) is 4. The number of hydrogen-bond donors (Lipinski definition) is 9. The summed E-state index contributed by atoms with van der Waals surface area (Å²) in [6.45, 7) is 4.94. The number of carboxylic acids is 3. The molecule has 0 saturated heterocycles. The van der Waals surface area contributed by atoms with Gasteiger partial charge in [-0.1, -0.05) is 51.1 Å². The average Bonchev–Trinajstić information content (AvgIpc) is 3.05. The first-order chi connectivity index (χ1) is 23.5. The largest absolute Gasteiger partial charge is 0.481 e. The number of rotatable bonds is 24. The zero-order valence-corrected chi connectivity index (χ0v) is 29.6. The van der Waals surface area contributed by atoms with Crippen molar-refractivity contribution < 1.29 is 54.0 Å². The van der Waals surface area contributed by atoms with Crippen LogP contribution in [0.3, 0.4) is 0 Å². The number of benzene rings is 1. The molecule has 0 aliphatic rings. The monoisotopic (exact) mass is 725 g/mol. The van der Waals surface area contributed by atoms with Crippen molar-refractivity contribution in [3.8, 4) is 0 Å². The maximum Gasteiger partial charge on any atom is 0.326 e. The molecule has 0 radical (unpaired) electrons. The number of carbonyl (C=O) groups excluding carboxylic acids is 4. The van der Waals surface area contributed by atoms with Crippen molar-refractivity contribution >= 4 is 53.3 Å². The third-order valence-electron chi connectivity index (χ3n) is 7.91. The molecule has 280 valence electrons. The van der Waals surface area contributed by atoms with Crippen molar-refractivity contribution in [2.75, 3.05) is 12.0 Å². The molecule has 0 saturated carbocycles. The maximum absolute atomic E-state index is 13.3. The molecule has 1 aromatic carbocycles. The van der Waals surface area contributed by atoms with Gasteiger partial charge in [0.25, 0.3) is 0 Å². The number of aliphatic hydroxyl groups is 1. The van der Waals surface area contributed by atoms with Gasteiger partial charge in [-0.25, -0.2) is 4.79 Å². The Kier molecular flexibility index (Phi) is 19.7. The van der Waals surface area contributed by atoms with Crippen LogP contribution in [0.2, 0.25) is 0 Å². The summed E-state index contributed by atoms with van der Waals surface area (Å²) >= 11 is 1.43. The molecule has 0 heterocycles. The second kappa shape index (κ2) is 22.5. The van der Waals surface area contributed by atoms with E-state index in [4.69, 9.17) is 10.8 Å². The summed E-state index contributed by atoms with van der Waals surface area (Å²) in [5.74, 6) is -7.37. The van der Waals surface area contributed by atoms with Crippen LogP contribution in [0.1, 0.15) is 64.9 Å². The van der Waals surface area contributed by atoms with Crippen LogP contribution in [0.5, 0.6) is 0 Å². The van der Waals surface area contributed by atoms with E-state index in [1.54, 1.807) is 44.2 Å². The summed E-state index contributed by atoms with van der Waals surface area (Å²) in [4.78, 5) is 86.3. The molecule has 4 amide bonds. The van der Waals surface area contributed by atoms with Crippen LogP contribution in [0.15, 0.2) is 30.3 Å². The molecular formula is C33H51N5O11S. The Morgan fingerprint density at radius 3 is 1.78 bits per heavy atom. The van der Waals surface area contributed by atoms with Gasteiger partial charge in [-0.05, 0) is 49.2 Å². The van der Waals surface area contributed by atoms with Gasteiger partial charge in [0.2, 0.25) is 23.6 Å². The van der Waals surface area contributed by atoms with Gasteiger partial charge in [0, 0.05) is 25.2 Å². The van der Waals surface area contributed by atoms with Gasteiger partial charge in [0.15, 0.2) is 0 Å². The Bertz CT molecular complexity index is 1300. The van der Waals surface area contributed by atoms with E-state index in [0.29, 0.717) is 11.3 Å². The molecule has 1 rings (SSSR count). The van der Waals surface area contributed by atoms with E-state index in [0.717, 1.165) is 0 Å². The molecule has 0 bridgehead atoms.